The highest BCUT2D eigenvalue weighted by molar-refractivity contribution is 8.02. The Morgan fingerprint density at radius 2 is 1.89 bits per heavy atom. The number of hydrogen-bond donors (Lipinski definition) is 2. The fraction of sp³-hybridized carbons (Fsp3) is 0.407. The molecule has 2 N–H and O–H groups in total. The zero-order valence-corrected chi connectivity index (χ0v) is 20.0. The number of rotatable bonds is 6. The molecule has 2 unspecified atom stereocenters. The Morgan fingerprint density at radius 1 is 1.14 bits per heavy atom. The largest absolute Gasteiger partial charge is 0.417 e. The minimum absolute atomic E-state index is 0.0825. The summed E-state index contributed by atoms with van der Waals surface area (Å²) in [7, 11) is 0. The lowest BCUT2D eigenvalue weighted by Gasteiger charge is -2.38. The van der Waals surface area contributed by atoms with E-state index in [-0.39, 0.29) is 23.3 Å². The van der Waals surface area contributed by atoms with Gasteiger partial charge in [0, 0.05) is 17.4 Å². The lowest BCUT2D eigenvalue weighted by molar-refractivity contribution is -0.142. The first-order valence-corrected chi connectivity index (χ1v) is 12.7. The summed E-state index contributed by atoms with van der Waals surface area (Å²) in [5, 5.41) is 25.7. The molecule has 4 rings (SSSR count). The molecule has 0 saturated heterocycles. The van der Waals surface area contributed by atoms with Gasteiger partial charge in [-0.2, -0.15) is 18.4 Å². The SMILES string of the molecule is N#Cc1ccc(NC(=O)C(O)(Cc2ccccc2C2CC=CS2)C2CCCCC2)cc1C(F)(F)F. The van der Waals surface area contributed by atoms with E-state index in [1.807, 2.05) is 29.7 Å². The Bertz CT molecular complexity index is 1140. The number of hydrogen-bond acceptors (Lipinski definition) is 4. The normalized spacial score (nSPS) is 20.3. The highest BCUT2D eigenvalue weighted by Crippen LogP contribution is 2.42. The molecule has 0 radical (unpaired) electrons. The Labute approximate surface area is 207 Å². The maximum atomic E-state index is 13.6. The van der Waals surface area contributed by atoms with E-state index in [0.717, 1.165) is 48.9 Å². The maximum Gasteiger partial charge on any atom is 0.417 e. The van der Waals surface area contributed by atoms with Gasteiger partial charge in [-0.3, -0.25) is 4.79 Å². The summed E-state index contributed by atoms with van der Waals surface area (Å²) < 4.78 is 40.3. The minimum Gasteiger partial charge on any atom is -0.379 e. The molecule has 1 saturated carbocycles. The van der Waals surface area contributed by atoms with Crippen molar-refractivity contribution in [2.75, 3.05) is 5.32 Å². The van der Waals surface area contributed by atoms with Crippen LogP contribution in [0.5, 0.6) is 0 Å². The van der Waals surface area contributed by atoms with Crippen LogP contribution in [-0.2, 0) is 17.4 Å². The van der Waals surface area contributed by atoms with E-state index in [0.29, 0.717) is 12.8 Å². The Morgan fingerprint density at radius 3 is 2.54 bits per heavy atom. The summed E-state index contributed by atoms with van der Waals surface area (Å²) in [4.78, 5) is 13.6. The van der Waals surface area contributed by atoms with Gasteiger partial charge in [0.1, 0.15) is 5.60 Å². The molecule has 2 aromatic carbocycles. The number of nitrogens with one attached hydrogen (secondary N) is 1. The average molecular weight is 501 g/mol. The van der Waals surface area contributed by atoms with Gasteiger partial charge in [0.05, 0.1) is 17.2 Å². The van der Waals surface area contributed by atoms with Crippen molar-refractivity contribution in [1.29, 1.82) is 5.26 Å². The van der Waals surface area contributed by atoms with Crippen molar-refractivity contribution in [2.45, 2.75) is 62.0 Å². The van der Waals surface area contributed by atoms with E-state index in [2.05, 4.69) is 11.4 Å². The molecule has 2 atom stereocenters. The summed E-state index contributed by atoms with van der Waals surface area (Å²) in [5.74, 6) is -1.02. The van der Waals surface area contributed by atoms with Crippen molar-refractivity contribution < 1.29 is 23.1 Å². The summed E-state index contributed by atoms with van der Waals surface area (Å²) in [6, 6.07) is 12.3. The standard InChI is InChI=1S/C27H27F3N2O2S/c28-27(29,30)23-15-21(13-12-19(23)17-31)32-25(33)26(34,20-8-2-1-3-9-20)16-18-7-4-5-10-22(18)24-11-6-14-35-24/h4-7,10,12-15,20,24,34H,1-3,8-9,11,16H2,(H,32,33). The number of thioether (sulfide) groups is 1. The highest BCUT2D eigenvalue weighted by Gasteiger charge is 2.45. The van der Waals surface area contributed by atoms with E-state index in [1.165, 1.54) is 6.07 Å². The van der Waals surface area contributed by atoms with Gasteiger partial charge in [0.2, 0.25) is 0 Å². The third-order valence-electron chi connectivity index (χ3n) is 6.93. The van der Waals surface area contributed by atoms with Gasteiger partial charge >= 0.3 is 6.18 Å². The summed E-state index contributed by atoms with van der Waals surface area (Å²) in [5.41, 5.74) is -1.58. The number of halogens is 3. The minimum atomic E-state index is -4.74. The van der Waals surface area contributed by atoms with Gasteiger partial charge in [-0.1, -0.05) is 49.6 Å². The molecule has 0 spiro atoms. The molecule has 1 fully saturated rings. The van der Waals surface area contributed by atoms with Crippen LogP contribution in [0.3, 0.4) is 0 Å². The average Bonchev–Trinajstić information content (AvgIpc) is 3.39. The van der Waals surface area contributed by atoms with Crippen LogP contribution in [0.2, 0.25) is 0 Å². The smallest absolute Gasteiger partial charge is 0.379 e. The number of aliphatic hydroxyl groups is 1. The fourth-order valence-electron chi connectivity index (χ4n) is 5.07. The summed E-state index contributed by atoms with van der Waals surface area (Å²) >= 11 is 1.69. The number of carbonyl (C=O) groups excluding carboxylic acids is 1. The van der Waals surface area contributed by atoms with Crippen molar-refractivity contribution in [3.05, 3.63) is 76.2 Å². The third-order valence-corrected chi connectivity index (χ3v) is 8.05. The van der Waals surface area contributed by atoms with Gasteiger partial charge in [-0.05, 0) is 59.9 Å². The molecule has 2 aliphatic rings. The topological polar surface area (TPSA) is 73.1 Å². The second-order valence-corrected chi connectivity index (χ2v) is 10.3. The van der Waals surface area contributed by atoms with Crippen LogP contribution in [0.25, 0.3) is 0 Å². The molecule has 1 amide bonds. The van der Waals surface area contributed by atoms with Gasteiger partial charge in [0.25, 0.3) is 5.91 Å². The second-order valence-electron chi connectivity index (χ2n) is 9.19. The number of alkyl halides is 3. The fourth-order valence-corrected chi connectivity index (χ4v) is 6.08. The van der Waals surface area contributed by atoms with Gasteiger partial charge in [-0.25, -0.2) is 0 Å². The molecule has 0 aromatic heterocycles. The first kappa shape index (κ1) is 25.3. The van der Waals surface area contributed by atoms with Crippen LogP contribution in [0, 0.1) is 17.2 Å². The van der Waals surface area contributed by atoms with Crippen LogP contribution in [0.1, 0.15) is 66.0 Å². The van der Waals surface area contributed by atoms with Crippen molar-refractivity contribution in [2.24, 2.45) is 5.92 Å². The quantitative estimate of drug-likeness (QED) is 0.460. The number of carbonyl (C=O) groups is 1. The number of nitrogens with zero attached hydrogens (tertiary/aromatic N) is 1. The summed E-state index contributed by atoms with van der Waals surface area (Å²) in [6.07, 6.45) is 2.45. The number of amides is 1. The van der Waals surface area contributed by atoms with Crippen LogP contribution >= 0.6 is 11.8 Å². The number of benzene rings is 2. The zero-order chi connectivity index (χ0) is 25.1. The van der Waals surface area contributed by atoms with Crippen LogP contribution < -0.4 is 5.32 Å². The number of allylic oxidation sites excluding steroid dienone is 1. The maximum absolute atomic E-state index is 13.6. The molecule has 1 heterocycles. The number of anilines is 1. The molecule has 8 heteroatoms. The first-order valence-electron chi connectivity index (χ1n) is 11.8. The van der Waals surface area contributed by atoms with Gasteiger partial charge in [0.15, 0.2) is 0 Å². The van der Waals surface area contributed by atoms with E-state index >= 15 is 0 Å². The van der Waals surface area contributed by atoms with E-state index in [4.69, 9.17) is 5.26 Å². The molecular weight excluding hydrogens is 473 g/mol. The molecule has 0 bridgehead atoms. The molecule has 35 heavy (non-hydrogen) atoms. The molecule has 1 aliphatic heterocycles. The third kappa shape index (κ3) is 5.57. The molecule has 184 valence electrons. The predicted octanol–water partition coefficient (Wildman–Crippen LogP) is 6.76. The van der Waals surface area contributed by atoms with Crippen LogP contribution in [-0.4, -0.2) is 16.6 Å². The van der Waals surface area contributed by atoms with E-state index < -0.39 is 28.8 Å². The van der Waals surface area contributed by atoms with Crippen molar-refractivity contribution in [3.63, 3.8) is 0 Å². The molecule has 2 aromatic rings. The lowest BCUT2D eigenvalue weighted by atomic mass is 9.73. The van der Waals surface area contributed by atoms with E-state index in [1.54, 1.807) is 17.8 Å². The Kier molecular flexibility index (Phi) is 7.58. The van der Waals surface area contributed by atoms with Gasteiger partial charge in [-0.15, -0.1) is 11.8 Å². The highest BCUT2D eigenvalue weighted by atomic mass is 32.2. The molecular formula is C27H27F3N2O2S. The van der Waals surface area contributed by atoms with Crippen molar-refractivity contribution >= 4 is 23.4 Å². The zero-order valence-electron chi connectivity index (χ0n) is 19.1. The molecule has 4 nitrogen and oxygen atoms in total. The van der Waals surface area contributed by atoms with Crippen LogP contribution in [0.4, 0.5) is 18.9 Å². The predicted molar refractivity (Wildman–Crippen MR) is 131 cm³/mol. The first-order chi connectivity index (χ1) is 16.7. The monoisotopic (exact) mass is 500 g/mol. The number of nitriles is 1. The Balaban J connectivity index is 1.66. The van der Waals surface area contributed by atoms with Gasteiger partial charge < -0.3 is 10.4 Å². The molecule has 1 aliphatic carbocycles. The van der Waals surface area contributed by atoms with Crippen molar-refractivity contribution in [1.82, 2.24) is 0 Å². The summed E-state index contributed by atoms with van der Waals surface area (Å²) in [6.45, 7) is 0. The van der Waals surface area contributed by atoms with Crippen molar-refractivity contribution in [3.8, 4) is 6.07 Å². The second kappa shape index (κ2) is 10.5. The Hall–Kier alpha value is -2.76. The lowest BCUT2D eigenvalue weighted by Crippen LogP contribution is -2.51. The van der Waals surface area contributed by atoms with E-state index in [9.17, 15) is 23.1 Å². The van der Waals surface area contributed by atoms with Crippen LogP contribution in [0.15, 0.2) is 53.9 Å².